The summed E-state index contributed by atoms with van der Waals surface area (Å²) in [5.74, 6) is 0. The van der Waals surface area contributed by atoms with Crippen LogP contribution in [0.1, 0.15) is 30.0 Å². The highest BCUT2D eigenvalue weighted by molar-refractivity contribution is 7.09. The van der Waals surface area contributed by atoms with Gasteiger partial charge in [0, 0.05) is 36.6 Å². The Labute approximate surface area is 163 Å². The van der Waals surface area contributed by atoms with Crippen LogP contribution >= 0.6 is 23.7 Å². The summed E-state index contributed by atoms with van der Waals surface area (Å²) in [5.41, 5.74) is 2.66. The normalized spacial score (nSPS) is 21.2. The first-order valence-corrected chi connectivity index (χ1v) is 9.81. The van der Waals surface area contributed by atoms with Gasteiger partial charge in [-0.3, -0.25) is 14.3 Å². The minimum atomic E-state index is 0. The van der Waals surface area contributed by atoms with Gasteiger partial charge in [0.1, 0.15) is 5.01 Å². The van der Waals surface area contributed by atoms with Gasteiger partial charge in [-0.1, -0.05) is 0 Å². The Balaban J connectivity index is 0.00000168. The van der Waals surface area contributed by atoms with E-state index in [0.29, 0.717) is 11.5 Å². The van der Waals surface area contributed by atoms with Gasteiger partial charge in [0.25, 0.3) is 0 Å². The van der Waals surface area contributed by atoms with Crippen LogP contribution in [0.25, 0.3) is 5.65 Å². The van der Waals surface area contributed by atoms with Crippen molar-refractivity contribution < 1.29 is 0 Å². The number of aromatic nitrogens is 4. The number of fused-ring (bicyclic) bond motifs is 1. The number of rotatable bonds is 5. The molecule has 0 radical (unpaired) electrons. The fourth-order valence-electron chi connectivity index (χ4n) is 4.31. The van der Waals surface area contributed by atoms with Gasteiger partial charge in [-0.15, -0.1) is 23.7 Å². The average Bonchev–Trinajstić information content (AvgIpc) is 3.03. The van der Waals surface area contributed by atoms with Gasteiger partial charge in [0.2, 0.25) is 0 Å². The Hall–Kier alpha value is -1.54. The van der Waals surface area contributed by atoms with Crippen molar-refractivity contribution in [3.8, 4) is 0 Å². The zero-order valence-corrected chi connectivity index (χ0v) is 16.2. The van der Waals surface area contributed by atoms with E-state index in [1.54, 1.807) is 11.3 Å². The first-order valence-electron chi connectivity index (χ1n) is 8.93. The highest BCUT2D eigenvalue weighted by Gasteiger charge is 2.56. The number of hydrogen-bond acceptors (Lipinski definition) is 6. The van der Waals surface area contributed by atoms with Crippen molar-refractivity contribution in [1.82, 2.24) is 29.6 Å². The molecule has 1 unspecified atom stereocenters. The predicted octanol–water partition coefficient (Wildman–Crippen LogP) is 2.75. The van der Waals surface area contributed by atoms with E-state index in [4.69, 9.17) is 0 Å². The number of imidazole rings is 1. The molecule has 1 aliphatic carbocycles. The second-order valence-electron chi connectivity index (χ2n) is 7.22. The van der Waals surface area contributed by atoms with Gasteiger partial charge in [-0.2, -0.15) is 0 Å². The molecule has 0 bridgehead atoms. The fourth-order valence-corrected chi connectivity index (χ4v) is 4.95. The number of hydrogen-bond donors (Lipinski definition) is 1. The van der Waals surface area contributed by atoms with Crippen molar-refractivity contribution in [2.24, 2.45) is 5.41 Å². The van der Waals surface area contributed by atoms with Gasteiger partial charge in [0.05, 0.1) is 24.6 Å². The molecule has 3 aromatic heterocycles. The van der Waals surface area contributed by atoms with Crippen LogP contribution in [-0.4, -0.2) is 43.4 Å². The van der Waals surface area contributed by atoms with E-state index in [2.05, 4.69) is 34.9 Å². The summed E-state index contributed by atoms with van der Waals surface area (Å²) in [7, 11) is 0. The molecule has 4 heterocycles. The van der Waals surface area contributed by atoms with E-state index < -0.39 is 0 Å². The van der Waals surface area contributed by atoms with Crippen molar-refractivity contribution in [2.45, 2.75) is 38.4 Å². The zero-order valence-electron chi connectivity index (χ0n) is 14.5. The number of thiazole rings is 1. The highest BCUT2D eigenvalue weighted by Crippen LogP contribution is 2.56. The summed E-state index contributed by atoms with van der Waals surface area (Å²) in [6, 6.07) is 0.658. The smallest absolute Gasteiger partial charge is 0.155 e. The van der Waals surface area contributed by atoms with Crippen LogP contribution in [0.2, 0.25) is 0 Å². The van der Waals surface area contributed by atoms with E-state index in [1.165, 1.54) is 30.0 Å². The van der Waals surface area contributed by atoms with Crippen LogP contribution in [0.5, 0.6) is 0 Å². The standard InChI is InChI=1S/C18H22N6S.ClH/c1-3-19-4-2-18(1)9-15(18)23(13-17-21-6-8-25-17)12-14-10-22-16-11-20-5-7-24(14)16;/h5-8,10-11,15,19H,1-4,9,12-13H2;1H. The molecule has 1 saturated heterocycles. The lowest BCUT2D eigenvalue weighted by Crippen LogP contribution is -2.36. The molecule has 0 aromatic carbocycles. The molecule has 5 rings (SSSR count). The maximum absolute atomic E-state index is 4.52. The fraction of sp³-hybridized carbons (Fsp3) is 0.500. The SMILES string of the molecule is Cl.c1cn2c(CN(Cc3nccs3)C3CC34CCNCC4)cnc2cn1. The predicted molar refractivity (Wildman–Crippen MR) is 105 cm³/mol. The van der Waals surface area contributed by atoms with Crippen molar-refractivity contribution in [3.63, 3.8) is 0 Å². The summed E-state index contributed by atoms with van der Waals surface area (Å²) in [6.45, 7) is 4.15. The molecule has 26 heavy (non-hydrogen) atoms. The van der Waals surface area contributed by atoms with Crippen LogP contribution < -0.4 is 5.32 Å². The Kier molecular flexibility index (Phi) is 4.96. The number of piperidine rings is 1. The van der Waals surface area contributed by atoms with Crippen LogP contribution in [0, 0.1) is 5.41 Å². The minimum absolute atomic E-state index is 0. The molecule has 0 amide bonds. The van der Waals surface area contributed by atoms with Gasteiger partial charge in [0.15, 0.2) is 5.65 Å². The van der Waals surface area contributed by atoms with Crippen molar-refractivity contribution >= 4 is 29.4 Å². The summed E-state index contributed by atoms with van der Waals surface area (Å²) >= 11 is 1.75. The molecule has 1 atom stereocenters. The summed E-state index contributed by atoms with van der Waals surface area (Å²) in [6.07, 6.45) is 13.5. The van der Waals surface area contributed by atoms with Gasteiger partial charge >= 0.3 is 0 Å². The van der Waals surface area contributed by atoms with Crippen molar-refractivity contribution in [1.29, 1.82) is 0 Å². The summed E-state index contributed by atoms with van der Waals surface area (Å²) < 4.78 is 2.15. The third-order valence-corrected chi connectivity index (χ3v) is 6.53. The van der Waals surface area contributed by atoms with E-state index in [9.17, 15) is 0 Å². The Morgan fingerprint density at radius 3 is 2.88 bits per heavy atom. The first-order chi connectivity index (χ1) is 12.3. The Bertz CT molecular complexity index is 858. The second kappa shape index (κ2) is 7.23. The lowest BCUT2D eigenvalue weighted by atomic mass is 9.93. The van der Waals surface area contributed by atoms with E-state index >= 15 is 0 Å². The summed E-state index contributed by atoms with van der Waals surface area (Å²) in [5, 5.41) is 6.78. The van der Waals surface area contributed by atoms with Crippen molar-refractivity contribution in [3.05, 3.63) is 47.1 Å². The van der Waals surface area contributed by atoms with Crippen LogP contribution in [0.4, 0.5) is 0 Å². The Morgan fingerprint density at radius 1 is 1.19 bits per heavy atom. The molecule has 1 aliphatic heterocycles. The largest absolute Gasteiger partial charge is 0.317 e. The molecule has 1 saturated carbocycles. The number of halogens is 1. The quantitative estimate of drug-likeness (QED) is 0.725. The first kappa shape index (κ1) is 17.9. The maximum atomic E-state index is 4.52. The van der Waals surface area contributed by atoms with E-state index in [0.717, 1.165) is 31.8 Å². The third-order valence-electron chi connectivity index (χ3n) is 5.77. The Morgan fingerprint density at radius 2 is 2.08 bits per heavy atom. The molecule has 8 heteroatoms. The monoisotopic (exact) mass is 390 g/mol. The third kappa shape index (κ3) is 3.24. The summed E-state index contributed by atoms with van der Waals surface area (Å²) in [4.78, 5) is 15.8. The van der Waals surface area contributed by atoms with Crippen molar-refractivity contribution in [2.75, 3.05) is 13.1 Å². The van der Waals surface area contributed by atoms with Gasteiger partial charge in [-0.25, -0.2) is 9.97 Å². The number of nitrogens with zero attached hydrogens (tertiary/aromatic N) is 5. The molecular weight excluding hydrogens is 368 g/mol. The van der Waals surface area contributed by atoms with E-state index in [-0.39, 0.29) is 12.4 Å². The second-order valence-corrected chi connectivity index (χ2v) is 8.20. The molecule has 2 aliphatic rings. The zero-order chi connectivity index (χ0) is 16.7. The average molecular weight is 391 g/mol. The van der Waals surface area contributed by atoms with Crippen LogP contribution in [0.3, 0.4) is 0 Å². The molecule has 138 valence electrons. The van der Waals surface area contributed by atoms with Crippen LogP contribution in [-0.2, 0) is 13.1 Å². The van der Waals surface area contributed by atoms with Gasteiger partial charge in [-0.05, 0) is 37.8 Å². The molecule has 6 nitrogen and oxygen atoms in total. The molecule has 1 N–H and O–H groups in total. The lowest BCUT2D eigenvalue weighted by Gasteiger charge is -2.29. The minimum Gasteiger partial charge on any atom is -0.317 e. The maximum Gasteiger partial charge on any atom is 0.155 e. The number of nitrogens with one attached hydrogen (secondary N) is 1. The van der Waals surface area contributed by atoms with Crippen LogP contribution in [0.15, 0.2) is 36.4 Å². The molecule has 3 aromatic rings. The highest BCUT2D eigenvalue weighted by atomic mass is 35.5. The topological polar surface area (TPSA) is 58.4 Å². The van der Waals surface area contributed by atoms with E-state index in [1.807, 2.05) is 31.0 Å². The molecule has 2 fully saturated rings. The molecule has 1 spiro atoms. The molecular formula is C18H23ClN6S. The van der Waals surface area contributed by atoms with Gasteiger partial charge < -0.3 is 5.32 Å². The lowest BCUT2D eigenvalue weighted by molar-refractivity contribution is 0.185.